The summed E-state index contributed by atoms with van der Waals surface area (Å²) in [5.74, 6) is -2.39. The van der Waals surface area contributed by atoms with E-state index in [2.05, 4.69) is 15.6 Å². The molecule has 0 spiro atoms. The molecule has 2 unspecified atom stereocenters. The fourth-order valence-corrected chi connectivity index (χ4v) is 4.57. The number of furan rings is 1. The van der Waals surface area contributed by atoms with E-state index >= 15 is 0 Å². The van der Waals surface area contributed by atoms with Crippen molar-refractivity contribution in [3.8, 4) is 0 Å². The summed E-state index contributed by atoms with van der Waals surface area (Å²) >= 11 is 0. The molecule has 4 rings (SSSR count). The number of hydrogen-bond acceptors (Lipinski definition) is 6. The predicted octanol–water partition coefficient (Wildman–Crippen LogP) is 1.75. The number of rotatable bonds is 5. The molecule has 2 saturated heterocycles. The van der Waals surface area contributed by atoms with E-state index in [1.54, 1.807) is 4.90 Å². The van der Waals surface area contributed by atoms with E-state index in [9.17, 15) is 22.0 Å². The summed E-state index contributed by atoms with van der Waals surface area (Å²) < 4.78 is 59.1. The largest absolute Gasteiger partial charge is 0.446 e. The van der Waals surface area contributed by atoms with Gasteiger partial charge in [0, 0.05) is 25.7 Å². The second-order valence-corrected chi connectivity index (χ2v) is 8.65. The lowest BCUT2D eigenvalue weighted by atomic mass is 9.98. The molecule has 2 aromatic rings. The molecule has 11 heteroatoms. The van der Waals surface area contributed by atoms with Gasteiger partial charge in [0.1, 0.15) is 5.76 Å². The van der Waals surface area contributed by atoms with Crippen molar-refractivity contribution in [2.24, 2.45) is 5.92 Å². The first kappa shape index (κ1) is 19.8. The molecule has 0 radical (unpaired) electrons. The number of carbonyl (C=O) groups is 1. The van der Waals surface area contributed by atoms with E-state index in [-0.39, 0.29) is 11.6 Å². The molecule has 1 amide bonds. The van der Waals surface area contributed by atoms with Crippen molar-refractivity contribution in [1.29, 1.82) is 0 Å². The van der Waals surface area contributed by atoms with Gasteiger partial charge in [-0.2, -0.15) is 8.42 Å². The Hall–Kier alpha value is -2.50. The number of nitrogens with zero attached hydrogens (tertiary/aromatic N) is 1. The van der Waals surface area contributed by atoms with Crippen LogP contribution in [-0.4, -0.2) is 38.9 Å². The number of amides is 1. The van der Waals surface area contributed by atoms with Gasteiger partial charge in [-0.3, -0.25) is 14.9 Å². The number of likely N-dealkylation sites (tertiary alicyclic amines) is 1. The van der Waals surface area contributed by atoms with Crippen LogP contribution in [0.3, 0.4) is 0 Å². The minimum atomic E-state index is -4.15. The number of hydrogen-bond donors (Lipinski definition) is 3. The molecule has 3 heterocycles. The number of carbonyl (C=O) groups excluding carboxylic acids is 1. The Labute approximate surface area is 166 Å². The van der Waals surface area contributed by atoms with Crippen LogP contribution in [0.4, 0.5) is 14.5 Å². The van der Waals surface area contributed by atoms with Crippen LogP contribution in [0.1, 0.15) is 24.6 Å². The highest BCUT2D eigenvalue weighted by Gasteiger charge is 2.39. The lowest BCUT2D eigenvalue weighted by Gasteiger charge is -2.22. The van der Waals surface area contributed by atoms with Gasteiger partial charge in [-0.05, 0) is 37.1 Å². The minimum Gasteiger partial charge on any atom is -0.446 e. The van der Waals surface area contributed by atoms with Crippen molar-refractivity contribution in [2.75, 3.05) is 24.4 Å². The third-order valence-corrected chi connectivity index (χ3v) is 6.32. The zero-order valence-electron chi connectivity index (χ0n) is 15.3. The van der Waals surface area contributed by atoms with E-state index in [0.29, 0.717) is 12.3 Å². The maximum atomic E-state index is 13.3. The smallest absolute Gasteiger partial charge is 0.295 e. The predicted molar refractivity (Wildman–Crippen MR) is 99.1 cm³/mol. The highest BCUT2D eigenvalue weighted by molar-refractivity contribution is 7.92. The van der Waals surface area contributed by atoms with Crippen LogP contribution >= 0.6 is 0 Å². The van der Waals surface area contributed by atoms with Gasteiger partial charge in [0.15, 0.2) is 11.6 Å². The summed E-state index contributed by atoms with van der Waals surface area (Å²) in [6, 6.07) is 4.89. The van der Waals surface area contributed by atoms with Gasteiger partial charge in [0.2, 0.25) is 11.0 Å². The summed E-state index contributed by atoms with van der Waals surface area (Å²) in [5.41, 5.74) is 5.75. The van der Waals surface area contributed by atoms with Crippen molar-refractivity contribution >= 4 is 21.6 Å². The van der Waals surface area contributed by atoms with Crippen LogP contribution in [0.2, 0.25) is 0 Å². The van der Waals surface area contributed by atoms with E-state index in [0.717, 1.165) is 44.1 Å². The fourth-order valence-electron chi connectivity index (χ4n) is 3.58. The van der Waals surface area contributed by atoms with Crippen molar-refractivity contribution in [3.63, 3.8) is 0 Å². The normalized spacial score (nSPS) is 22.2. The van der Waals surface area contributed by atoms with Crippen LogP contribution in [0.15, 0.2) is 39.8 Å². The molecule has 2 aliphatic heterocycles. The van der Waals surface area contributed by atoms with E-state index in [4.69, 9.17) is 4.42 Å². The molecular weight excluding hydrogens is 406 g/mol. The van der Waals surface area contributed by atoms with Crippen molar-refractivity contribution < 1.29 is 26.4 Å². The monoisotopic (exact) mass is 426 g/mol. The molecule has 1 aromatic carbocycles. The summed E-state index contributed by atoms with van der Waals surface area (Å²) in [6.45, 7) is 1.84. The highest BCUT2D eigenvalue weighted by atomic mass is 32.2. The molecule has 29 heavy (non-hydrogen) atoms. The average Bonchev–Trinajstić information content (AvgIpc) is 3.44. The molecule has 0 saturated carbocycles. The number of benzene rings is 1. The maximum absolute atomic E-state index is 13.3. The quantitative estimate of drug-likeness (QED) is 0.673. The topological polar surface area (TPSA) is 104 Å². The Balaban J connectivity index is 1.52. The van der Waals surface area contributed by atoms with E-state index in [1.165, 1.54) is 12.1 Å². The van der Waals surface area contributed by atoms with Gasteiger partial charge in [-0.1, -0.05) is 0 Å². The number of sulfonamides is 1. The molecular formula is C18H20F2N4O4S. The van der Waals surface area contributed by atoms with Gasteiger partial charge >= 0.3 is 0 Å². The van der Waals surface area contributed by atoms with Gasteiger partial charge < -0.3 is 9.32 Å². The van der Waals surface area contributed by atoms with Gasteiger partial charge in [0.05, 0.1) is 17.6 Å². The zero-order chi connectivity index (χ0) is 20.6. The molecule has 2 aliphatic rings. The SMILES string of the molecule is O=C(C1CNNC1c1ccc(S(=O)(=O)Nc2ccc(F)c(F)c2)o1)N1CCCC1. The summed E-state index contributed by atoms with van der Waals surface area (Å²) in [6.07, 6.45) is 1.95. The molecule has 2 atom stereocenters. The number of hydrazine groups is 1. The van der Waals surface area contributed by atoms with Crippen LogP contribution in [0.25, 0.3) is 0 Å². The summed E-state index contributed by atoms with van der Waals surface area (Å²) in [7, 11) is -4.15. The Morgan fingerprint density at radius 2 is 1.90 bits per heavy atom. The van der Waals surface area contributed by atoms with Crippen LogP contribution in [0.5, 0.6) is 0 Å². The van der Waals surface area contributed by atoms with Crippen molar-refractivity contribution in [3.05, 3.63) is 47.7 Å². The first-order valence-electron chi connectivity index (χ1n) is 9.20. The molecule has 1 aromatic heterocycles. The Morgan fingerprint density at radius 3 is 2.62 bits per heavy atom. The third-order valence-electron chi connectivity index (χ3n) is 5.06. The first-order chi connectivity index (χ1) is 13.8. The summed E-state index contributed by atoms with van der Waals surface area (Å²) in [4.78, 5) is 14.5. The van der Waals surface area contributed by atoms with Crippen molar-refractivity contribution in [2.45, 2.75) is 24.0 Å². The Morgan fingerprint density at radius 1 is 1.14 bits per heavy atom. The van der Waals surface area contributed by atoms with Crippen LogP contribution in [-0.2, 0) is 14.8 Å². The molecule has 3 N–H and O–H groups in total. The number of nitrogens with one attached hydrogen (secondary N) is 3. The second-order valence-electron chi connectivity index (χ2n) is 7.03. The molecule has 156 valence electrons. The number of anilines is 1. The van der Waals surface area contributed by atoms with Crippen LogP contribution in [0, 0.1) is 17.6 Å². The lowest BCUT2D eigenvalue weighted by Crippen LogP contribution is -2.37. The van der Waals surface area contributed by atoms with E-state index < -0.39 is 38.7 Å². The molecule has 2 fully saturated rings. The lowest BCUT2D eigenvalue weighted by molar-refractivity contribution is -0.134. The van der Waals surface area contributed by atoms with Gasteiger partial charge in [-0.15, -0.1) is 0 Å². The average molecular weight is 426 g/mol. The fraction of sp³-hybridized carbons (Fsp3) is 0.389. The van der Waals surface area contributed by atoms with Gasteiger partial charge in [0.25, 0.3) is 10.0 Å². The maximum Gasteiger partial charge on any atom is 0.295 e. The molecule has 8 nitrogen and oxygen atoms in total. The standard InChI is InChI=1S/C18H20F2N4O4S/c19-13-4-3-11(9-14(13)20)23-29(26,27)16-6-5-15(28-16)17-12(10-21-22-17)18(25)24-7-1-2-8-24/h3-6,9,12,17,21-23H,1-2,7-8,10H2. The molecule has 0 aliphatic carbocycles. The van der Waals surface area contributed by atoms with Gasteiger partial charge in [-0.25, -0.2) is 14.2 Å². The first-order valence-corrected chi connectivity index (χ1v) is 10.7. The van der Waals surface area contributed by atoms with E-state index in [1.807, 2.05) is 0 Å². The third kappa shape index (κ3) is 3.98. The zero-order valence-corrected chi connectivity index (χ0v) is 16.1. The number of halogens is 2. The Bertz CT molecular complexity index is 1020. The second kappa shape index (κ2) is 7.73. The van der Waals surface area contributed by atoms with Crippen LogP contribution < -0.4 is 15.6 Å². The molecule has 0 bridgehead atoms. The minimum absolute atomic E-state index is 0.00859. The Kier molecular flexibility index (Phi) is 5.28. The summed E-state index contributed by atoms with van der Waals surface area (Å²) in [5, 5.41) is -0.390. The highest BCUT2D eigenvalue weighted by Crippen LogP contribution is 2.30. The van der Waals surface area contributed by atoms with Crippen molar-refractivity contribution in [1.82, 2.24) is 15.8 Å².